The fraction of sp³-hybridized carbons (Fsp3) is 0.381. The van der Waals surface area contributed by atoms with E-state index >= 15 is 0 Å². The Labute approximate surface area is 171 Å². The summed E-state index contributed by atoms with van der Waals surface area (Å²) < 4.78 is 27.8. The van der Waals surface area contributed by atoms with Crippen molar-refractivity contribution in [3.63, 3.8) is 0 Å². The number of carbonyl (C=O) groups is 1. The summed E-state index contributed by atoms with van der Waals surface area (Å²) in [5, 5.41) is 3.43. The minimum atomic E-state index is -3.92. The summed E-state index contributed by atoms with van der Waals surface area (Å²) in [5.74, 6) is -0.289. The molecule has 0 bridgehead atoms. The van der Waals surface area contributed by atoms with E-state index in [2.05, 4.69) is 5.32 Å². The predicted molar refractivity (Wildman–Crippen MR) is 112 cm³/mol. The van der Waals surface area contributed by atoms with E-state index in [-0.39, 0.29) is 23.4 Å². The summed E-state index contributed by atoms with van der Waals surface area (Å²) in [5.41, 5.74) is 2.49. The van der Waals surface area contributed by atoms with Gasteiger partial charge in [-0.3, -0.25) is 9.10 Å². The first-order chi connectivity index (χ1) is 13.3. The van der Waals surface area contributed by atoms with Crippen LogP contribution in [0.15, 0.2) is 47.4 Å². The first-order valence-corrected chi connectivity index (χ1v) is 11.2. The van der Waals surface area contributed by atoms with Crippen molar-refractivity contribution in [3.05, 3.63) is 58.6 Å². The third kappa shape index (κ3) is 4.67. The number of benzene rings is 2. The Hall–Kier alpha value is -2.05. The molecule has 0 unspecified atom stereocenters. The van der Waals surface area contributed by atoms with Crippen LogP contribution in [0.5, 0.6) is 0 Å². The van der Waals surface area contributed by atoms with Crippen molar-refractivity contribution >= 4 is 33.2 Å². The second-order valence-corrected chi connectivity index (χ2v) is 9.58. The number of nitrogens with one attached hydrogen (secondary N) is 1. The number of rotatable bonds is 6. The van der Waals surface area contributed by atoms with Gasteiger partial charge in [0.15, 0.2) is 0 Å². The van der Waals surface area contributed by atoms with E-state index in [0.29, 0.717) is 10.7 Å². The monoisotopic (exact) mass is 420 g/mol. The van der Waals surface area contributed by atoms with Crippen molar-refractivity contribution in [3.8, 4) is 0 Å². The summed E-state index contributed by atoms with van der Waals surface area (Å²) in [6, 6.07) is 11.5. The number of carbonyl (C=O) groups excluding carboxylic acids is 1. The van der Waals surface area contributed by atoms with Crippen LogP contribution in [0, 0.1) is 13.8 Å². The summed E-state index contributed by atoms with van der Waals surface area (Å²) in [4.78, 5) is 12.7. The maximum Gasteiger partial charge on any atom is 0.264 e. The molecule has 7 heteroatoms. The number of nitrogens with zero attached hydrogens (tertiary/aromatic N) is 1. The summed E-state index contributed by atoms with van der Waals surface area (Å²) in [7, 11) is -3.92. The Kier molecular flexibility index (Phi) is 6.30. The van der Waals surface area contributed by atoms with Gasteiger partial charge in [0.1, 0.15) is 6.54 Å². The van der Waals surface area contributed by atoms with E-state index < -0.39 is 10.0 Å². The van der Waals surface area contributed by atoms with Crippen molar-refractivity contribution < 1.29 is 13.2 Å². The largest absolute Gasteiger partial charge is 0.352 e. The van der Waals surface area contributed by atoms with Gasteiger partial charge in [0.05, 0.1) is 10.6 Å². The highest BCUT2D eigenvalue weighted by Crippen LogP contribution is 2.27. The number of anilines is 1. The highest BCUT2D eigenvalue weighted by molar-refractivity contribution is 7.92. The minimum absolute atomic E-state index is 0.101. The van der Waals surface area contributed by atoms with Gasteiger partial charge in [-0.1, -0.05) is 30.5 Å². The lowest BCUT2D eigenvalue weighted by atomic mass is 10.1. The molecular formula is C21H25ClN2O3S. The molecule has 0 aliphatic heterocycles. The molecule has 0 aromatic heterocycles. The number of hydrogen-bond acceptors (Lipinski definition) is 3. The van der Waals surface area contributed by atoms with Gasteiger partial charge < -0.3 is 5.32 Å². The van der Waals surface area contributed by atoms with E-state index in [9.17, 15) is 13.2 Å². The molecule has 1 fully saturated rings. The first kappa shape index (κ1) is 20.7. The van der Waals surface area contributed by atoms with Crippen LogP contribution in [-0.4, -0.2) is 26.9 Å². The average Bonchev–Trinajstić information content (AvgIpc) is 3.15. The number of aryl methyl sites for hydroxylation is 2. The zero-order valence-corrected chi connectivity index (χ0v) is 17.7. The maximum atomic E-state index is 13.3. The first-order valence-electron chi connectivity index (χ1n) is 9.42. The number of hydrogen-bond donors (Lipinski definition) is 1. The van der Waals surface area contributed by atoms with Crippen molar-refractivity contribution in [2.45, 2.75) is 50.5 Å². The molecule has 1 N–H and O–H groups in total. The van der Waals surface area contributed by atoms with E-state index in [1.54, 1.807) is 12.1 Å². The average molecular weight is 421 g/mol. The quantitative estimate of drug-likeness (QED) is 0.761. The fourth-order valence-corrected chi connectivity index (χ4v) is 4.94. The van der Waals surface area contributed by atoms with E-state index in [1.165, 1.54) is 28.6 Å². The molecule has 0 atom stereocenters. The third-order valence-corrected chi connectivity index (χ3v) is 7.23. The van der Waals surface area contributed by atoms with Crippen LogP contribution in [0.2, 0.25) is 5.02 Å². The van der Waals surface area contributed by atoms with Crippen LogP contribution < -0.4 is 9.62 Å². The third-order valence-electron chi connectivity index (χ3n) is 5.19. The van der Waals surface area contributed by atoms with Crippen molar-refractivity contribution in [2.24, 2.45) is 0 Å². The Morgan fingerprint density at radius 3 is 2.32 bits per heavy atom. The van der Waals surface area contributed by atoms with Gasteiger partial charge in [0.2, 0.25) is 5.91 Å². The lowest BCUT2D eigenvalue weighted by molar-refractivity contribution is -0.120. The maximum absolute atomic E-state index is 13.3. The van der Waals surface area contributed by atoms with Gasteiger partial charge in [-0.05, 0) is 74.2 Å². The summed E-state index contributed by atoms with van der Waals surface area (Å²) in [6.07, 6.45) is 4.07. The molecule has 1 amide bonds. The molecular weight excluding hydrogens is 396 g/mol. The van der Waals surface area contributed by atoms with Gasteiger partial charge >= 0.3 is 0 Å². The van der Waals surface area contributed by atoms with Crippen LogP contribution in [0.3, 0.4) is 0 Å². The van der Waals surface area contributed by atoms with Crippen LogP contribution in [0.1, 0.15) is 36.8 Å². The molecule has 28 heavy (non-hydrogen) atoms. The Bertz CT molecular complexity index is 952. The van der Waals surface area contributed by atoms with Crippen molar-refractivity contribution in [1.29, 1.82) is 0 Å². The Balaban J connectivity index is 1.94. The minimum Gasteiger partial charge on any atom is -0.352 e. The summed E-state index contributed by atoms with van der Waals surface area (Å²) in [6.45, 7) is 3.62. The molecule has 1 aliphatic carbocycles. The van der Waals surface area contributed by atoms with E-state index in [1.807, 2.05) is 19.9 Å². The molecule has 0 heterocycles. The molecule has 0 radical (unpaired) electrons. The van der Waals surface area contributed by atoms with Gasteiger partial charge in [0, 0.05) is 11.1 Å². The molecule has 3 rings (SSSR count). The molecule has 0 saturated heterocycles. The normalized spacial score (nSPS) is 14.8. The molecule has 1 saturated carbocycles. The van der Waals surface area contributed by atoms with Crippen LogP contribution in [-0.2, 0) is 14.8 Å². The van der Waals surface area contributed by atoms with Crippen LogP contribution in [0.25, 0.3) is 0 Å². The highest BCUT2D eigenvalue weighted by Gasteiger charge is 2.28. The van der Waals surface area contributed by atoms with Crippen molar-refractivity contribution in [2.75, 3.05) is 10.8 Å². The zero-order chi connectivity index (χ0) is 20.3. The molecule has 2 aromatic carbocycles. The van der Waals surface area contributed by atoms with Gasteiger partial charge in [-0.15, -0.1) is 0 Å². The second kappa shape index (κ2) is 8.53. The van der Waals surface area contributed by atoms with Gasteiger partial charge in [0.25, 0.3) is 10.0 Å². The van der Waals surface area contributed by atoms with E-state index in [0.717, 1.165) is 36.8 Å². The van der Waals surface area contributed by atoms with Crippen LogP contribution in [0.4, 0.5) is 5.69 Å². The smallest absolute Gasteiger partial charge is 0.264 e. The Morgan fingerprint density at radius 2 is 1.71 bits per heavy atom. The SMILES string of the molecule is Cc1ccc(N(CC(=O)NC2CCCC2)S(=O)(=O)c2ccc(Cl)cc2)cc1C. The van der Waals surface area contributed by atoms with Crippen molar-refractivity contribution in [1.82, 2.24) is 5.32 Å². The number of sulfonamides is 1. The standard InChI is InChI=1S/C21H25ClN2O3S/c1-15-7-10-19(13-16(15)2)24(14-21(25)23-18-5-3-4-6-18)28(26,27)20-11-8-17(22)9-12-20/h7-13,18H,3-6,14H2,1-2H3,(H,23,25). The van der Waals surface area contributed by atoms with Crippen LogP contribution >= 0.6 is 11.6 Å². The van der Waals surface area contributed by atoms with Gasteiger partial charge in [-0.25, -0.2) is 8.42 Å². The topological polar surface area (TPSA) is 66.5 Å². The number of amides is 1. The lowest BCUT2D eigenvalue weighted by Crippen LogP contribution is -2.43. The summed E-state index contributed by atoms with van der Waals surface area (Å²) >= 11 is 5.90. The molecule has 150 valence electrons. The lowest BCUT2D eigenvalue weighted by Gasteiger charge is -2.25. The van der Waals surface area contributed by atoms with Gasteiger partial charge in [-0.2, -0.15) is 0 Å². The molecule has 0 spiro atoms. The molecule has 2 aromatic rings. The number of halogens is 1. The molecule has 5 nitrogen and oxygen atoms in total. The second-order valence-electron chi connectivity index (χ2n) is 7.28. The van der Waals surface area contributed by atoms with E-state index in [4.69, 9.17) is 11.6 Å². The highest BCUT2D eigenvalue weighted by atomic mass is 35.5. The zero-order valence-electron chi connectivity index (χ0n) is 16.1. The molecule has 1 aliphatic rings. The Morgan fingerprint density at radius 1 is 1.07 bits per heavy atom. The fourth-order valence-electron chi connectivity index (χ4n) is 3.40. The predicted octanol–water partition coefficient (Wildman–Crippen LogP) is 4.21.